The van der Waals surface area contributed by atoms with Gasteiger partial charge in [0.25, 0.3) is 0 Å². The van der Waals surface area contributed by atoms with Gasteiger partial charge in [0.1, 0.15) is 0 Å². The molecule has 2 aliphatic rings. The van der Waals surface area contributed by atoms with Crippen LogP contribution in [0, 0.1) is 17.8 Å². The van der Waals surface area contributed by atoms with Crippen molar-refractivity contribution in [2.24, 2.45) is 17.8 Å². The number of halogens is 1. The maximum atomic E-state index is 12.0. The lowest BCUT2D eigenvalue weighted by atomic mass is 9.86. The molecular formula is C13H22ClNO. The Morgan fingerprint density at radius 3 is 2.69 bits per heavy atom. The van der Waals surface area contributed by atoms with Crippen molar-refractivity contribution in [2.45, 2.75) is 44.4 Å². The van der Waals surface area contributed by atoms with E-state index in [1.54, 1.807) is 4.90 Å². The van der Waals surface area contributed by atoms with Crippen LogP contribution in [-0.2, 0) is 4.79 Å². The first-order valence-corrected chi connectivity index (χ1v) is 6.88. The molecule has 3 heteroatoms. The van der Waals surface area contributed by atoms with Crippen molar-refractivity contribution in [3.8, 4) is 0 Å². The molecule has 0 aromatic carbocycles. The summed E-state index contributed by atoms with van der Waals surface area (Å²) in [5.74, 6) is 2.72. The zero-order chi connectivity index (χ0) is 11.7. The van der Waals surface area contributed by atoms with Gasteiger partial charge in [-0.15, -0.1) is 11.6 Å². The molecule has 0 saturated heterocycles. The number of rotatable bonds is 4. The predicted molar refractivity (Wildman–Crippen MR) is 66.5 cm³/mol. The maximum Gasteiger partial charge on any atom is 0.222 e. The van der Waals surface area contributed by atoms with E-state index in [4.69, 9.17) is 11.6 Å². The van der Waals surface area contributed by atoms with Gasteiger partial charge in [-0.1, -0.05) is 6.42 Å². The number of fused-ring (bicyclic) bond motifs is 2. The normalized spacial score (nSPS) is 34.1. The highest BCUT2D eigenvalue weighted by Crippen LogP contribution is 2.49. The van der Waals surface area contributed by atoms with E-state index in [9.17, 15) is 4.79 Å². The molecule has 0 aromatic rings. The summed E-state index contributed by atoms with van der Waals surface area (Å²) < 4.78 is 0. The number of hydrogen-bond donors (Lipinski definition) is 0. The monoisotopic (exact) mass is 243 g/mol. The third-order valence-electron chi connectivity index (χ3n) is 4.27. The van der Waals surface area contributed by atoms with Gasteiger partial charge < -0.3 is 4.90 Å². The largest absolute Gasteiger partial charge is 0.344 e. The first kappa shape index (κ1) is 12.2. The number of hydrogen-bond acceptors (Lipinski definition) is 1. The van der Waals surface area contributed by atoms with Gasteiger partial charge in [-0.2, -0.15) is 0 Å². The minimum Gasteiger partial charge on any atom is -0.344 e. The van der Waals surface area contributed by atoms with Gasteiger partial charge in [0, 0.05) is 25.4 Å². The van der Waals surface area contributed by atoms with Crippen LogP contribution in [0.15, 0.2) is 0 Å². The Hall–Kier alpha value is -0.240. The Morgan fingerprint density at radius 2 is 2.19 bits per heavy atom. The number of nitrogens with zero attached hydrogens (tertiary/aromatic N) is 1. The lowest BCUT2D eigenvalue weighted by Gasteiger charge is -2.25. The molecular weight excluding hydrogens is 222 g/mol. The molecule has 0 N–H and O–H groups in total. The van der Waals surface area contributed by atoms with Gasteiger partial charge in [0.2, 0.25) is 5.91 Å². The molecule has 2 rings (SSSR count). The molecule has 2 saturated carbocycles. The van der Waals surface area contributed by atoms with Gasteiger partial charge in [0.05, 0.1) is 0 Å². The fourth-order valence-electron chi connectivity index (χ4n) is 3.49. The SMILES string of the molecule is CC(Cl)CN(C)C(=O)CC1CC2CCC1C2. The lowest BCUT2D eigenvalue weighted by molar-refractivity contribution is -0.131. The lowest BCUT2D eigenvalue weighted by Crippen LogP contribution is -2.33. The minimum absolute atomic E-state index is 0.0500. The van der Waals surface area contributed by atoms with Crippen molar-refractivity contribution < 1.29 is 4.79 Å². The van der Waals surface area contributed by atoms with Crippen molar-refractivity contribution in [1.82, 2.24) is 4.90 Å². The van der Waals surface area contributed by atoms with Crippen LogP contribution in [0.25, 0.3) is 0 Å². The molecule has 2 bridgehead atoms. The summed E-state index contributed by atoms with van der Waals surface area (Å²) in [6.07, 6.45) is 6.19. The summed E-state index contributed by atoms with van der Waals surface area (Å²) in [6.45, 7) is 2.60. The second kappa shape index (κ2) is 4.95. The summed E-state index contributed by atoms with van der Waals surface area (Å²) in [5, 5.41) is 0.0500. The second-order valence-electron chi connectivity index (χ2n) is 5.69. The van der Waals surface area contributed by atoms with Crippen LogP contribution >= 0.6 is 11.6 Å². The van der Waals surface area contributed by atoms with E-state index < -0.39 is 0 Å². The van der Waals surface area contributed by atoms with E-state index in [2.05, 4.69) is 0 Å². The van der Waals surface area contributed by atoms with Crippen molar-refractivity contribution in [1.29, 1.82) is 0 Å². The predicted octanol–water partition coefficient (Wildman–Crippen LogP) is 2.90. The molecule has 2 fully saturated rings. The van der Waals surface area contributed by atoms with Crippen LogP contribution in [0.2, 0.25) is 0 Å². The Balaban J connectivity index is 1.79. The van der Waals surface area contributed by atoms with E-state index in [1.165, 1.54) is 25.7 Å². The molecule has 0 radical (unpaired) electrons. The van der Waals surface area contributed by atoms with E-state index in [0.717, 1.165) is 18.3 Å². The van der Waals surface area contributed by atoms with Crippen LogP contribution in [0.3, 0.4) is 0 Å². The van der Waals surface area contributed by atoms with E-state index in [-0.39, 0.29) is 11.3 Å². The van der Waals surface area contributed by atoms with Gasteiger partial charge >= 0.3 is 0 Å². The molecule has 2 nitrogen and oxygen atoms in total. The zero-order valence-electron chi connectivity index (χ0n) is 10.3. The van der Waals surface area contributed by atoms with Crippen LogP contribution in [-0.4, -0.2) is 29.8 Å². The Bertz CT molecular complexity index is 267. The van der Waals surface area contributed by atoms with Crippen LogP contribution in [0.4, 0.5) is 0 Å². The Labute approximate surface area is 103 Å². The molecule has 92 valence electrons. The third kappa shape index (κ3) is 2.71. The zero-order valence-corrected chi connectivity index (χ0v) is 11.0. The molecule has 2 aliphatic carbocycles. The highest BCUT2D eigenvalue weighted by Gasteiger charge is 2.40. The standard InChI is InChI=1S/C13H22ClNO/c1-9(14)8-15(2)13(16)7-12-6-10-3-4-11(12)5-10/h9-12H,3-8H2,1-2H3. The van der Waals surface area contributed by atoms with Gasteiger partial charge in [0.15, 0.2) is 0 Å². The summed E-state index contributed by atoms with van der Waals surface area (Å²) >= 11 is 5.90. The van der Waals surface area contributed by atoms with Crippen LogP contribution < -0.4 is 0 Å². The Morgan fingerprint density at radius 1 is 1.44 bits per heavy atom. The van der Waals surface area contributed by atoms with E-state index in [1.807, 2.05) is 14.0 Å². The molecule has 4 atom stereocenters. The van der Waals surface area contributed by atoms with Gasteiger partial charge in [-0.25, -0.2) is 0 Å². The average Bonchev–Trinajstić information content (AvgIpc) is 2.77. The van der Waals surface area contributed by atoms with Crippen molar-refractivity contribution in [3.63, 3.8) is 0 Å². The van der Waals surface area contributed by atoms with Gasteiger partial charge in [-0.3, -0.25) is 4.79 Å². The van der Waals surface area contributed by atoms with Gasteiger partial charge in [-0.05, 0) is 43.9 Å². The van der Waals surface area contributed by atoms with Crippen molar-refractivity contribution >= 4 is 17.5 Å². The molecule has 0 aliphatic heterocycles. The third-order valence-corrected chi connectivity index (χ3v) is 4.41. The first-order chi connectivity index (χ1) is 7.56. The van der Waals surface area contributed by atoms with Crippen molar-refractivity contribution in [2.75, 3.05) is 13.6 Å². The Kier molecular flexibility index (Phi) is 3.78. The molecule has 16 heavy (non-hydrogen) atoms. The number of alkyl halides is 1. The van der Waals surface area contributed by atoms with E-state index >= 15 is 0 Å². The number of amides is 1. The van der Waals surface area contributed by atoms with Crippen LogP contribution in [0.1, 0.15) is 39.0 Å². The summed E-state index contributed by atoms with van der Waals surface area (Å²) in [5.41, 5.74) is 0. The maximum absolute atomic E-state index is 12.0. The summed E-state index contributed by atoms with van der Waals surface area (Å²) in [7, 11) is 1.87. The minimum atomic E-state index is 0.0500. The fraction of sp³-hybridized carbons (Fsp3) is 0.923. The summed E-state index contributed by atoms with van der Waals surface area (Å²) in [6, 6.07) is 0. The smallest absolute Gasteiger partial charge is 0.222 e. The first-order valence-electron chi connectivity index (χ1n) is 6.44. The second-order valence-corrected chi connectivity index (χ2v) is 6.44. The summed E-state index contributed by atoms with van der Waals surface area (Å²) in [4.78, 5) is 13.8. The molecule has 0 spiro atoms. The van der Waals surface area contributed by atoms with E-state index in [0.29, 0.717) is 12.5 Å². The fourth-order valence-corrected chi connectivity index (χ4v) is 3.69. The molecule has 0 heterocycles. The van der Waals surface area contributed by atoms with Crippen molar-refractivity contribution in [3.05, 3.63) is 0 Å². The highest BCUT2D eigenvalue weighted by atomic mass is 35.5. The molecule has 4 unspecified atom stereocenters. The molecule has 0 aromatic heterocycles. The molecule has 1 amide bonds. The topological polar surface area (TPSA) is 20.3 Å². The van der Waals surface area contributed by atoms with Crippen LogP contribution in [0.5, 0.6) is 0 Å². The quantitative estimate of drug-likeness (QED) is 0.696. The number of carbonyl (C=O) groups excluding carboxylic acids is 1. The highest BCUT2D eigenvalue weighted by molar-refractivity contribution is 6.20. The average molecular weight is 244 g/mol. The number of carbonyl (C=O) groups is 1.